The Hall–Kier alpha value is -3.21. The number of phenols is 1. The molecule has 23 heavy (non-hydrogen) atoms. The maximum Gasteiger partial charge on any atom is 0.166 e. The quantitative estimate of drug-likeness (QED) is 0.581. The molecule has 5 heteroatoms. The van der Waals surface area contributed by atoms with Gasteiger partial charge in [-0.25, -0.2) is 0 Å². The van der Waals surface area contributed by atoms with Crippen LogP contribution in [0.3, 0.4) is 0 Å². The number of fused-ring (bicyclic) bond motifs is 1. The van der Waals surface area contributed by atoms with Gasteiger partial charge in [0, 0.05) is 0 Å². The van der Waals surface area contributed by atoms with E-state index in [1.165, 1.54) is 16.9 Å². The van der Waals surface area contributed by atoms with Gasteiger partial charge >= 0.3 is 0 Å². The normalized spacial score (nSPS) is 12.0. The number of ketones is 1. The van der Waals surface area contributed by atoms with Crippen LogP contribution in [0.1, 0.15) is 11.5 Å². The molecule has 5 nitrogen and oxygen atoms in total. The number of phenolic OH excluding ortho intramolecular Hbond substituents is 1. The van der Waals surface area contributed by atoms with E-state index in [2.05, 4.69) is 23.4 Å². The monoisotopic (exact) mass is 305 g/mol. The summed E-state index contributed by atoms with van der Waals surface area (Å²) >= 11 is 0. The smallest absolute Gasteiger partial charge is 0.166 e. The van der Waals surface area contributed by atoms with Crippen LogP contribution in [0.2, 0.25) is 0 Å². The molecule has 1 heterocycles. The fourth-order valence-electron chi connectivity index (χ4n) is 2.41. The first kappa shape index (κ1) is 14.7. The molecule has 1 atom stereocenters. The number of nitrogens with zero attached hydrogens (tertiary/aromatic N) is 3. The average molecular weight is 305 g/mol. The van der Waals surface area contributed by atoms with E-state index in [0.29, 0.717) is 11.3 Å². The van der Waals surface area contributed by atoms with E-state index in [9.17, 15) is 9.90 Å². The molecule has 1 aromatic heterocycles. The SMILES string of the molecule is C=CC(=O)C(C=C)c1ccc(O)c(-n2nc3ccccc3n2)c1. The lowest BCUT2D eigenvalue weighted by Crippen LogP contribution is -2.08. The topological polar surface area (TPSA) is 68.0 Å². The molecule has 0 saturated heterocycles. The summed E-state index contributed by atoms with van der Waals surface area (Å²) in [5.74, 6) is -0.644. The zero-order valence-corrected chi connectivity index (χ0v) is 12.4. The minimum atomic E-state index is -0.517. The number of benzene rings is 2. The van der Waals surface area contributed by atoms with Crippen LogP contribution in [-0.4, -0.2) is 25.9 Å². The highest BCUT2D eigenvalue weighted by atomic mass is 16.3. The van der Waals surface area contributed by atoms with Gasteiger partial charge in [-0.15, -0.1) is 21.6 Å². The van der Waals surface area contributed by atoms with E-state index in [1.54, 1.807) is 18.2 Å². The van der Waals surface area contributed by atoms with Crippen LogP contribution in [0.4, 0.5) is 0 Å². The van der Waals surface area contributed by atoms with Gasteiger partial charge in [-0.3, -0.25) is 4.79 Å². The molecule has 1 unspecified atom stereocenters. The number of aromatic hydroxyl groups is 1. The Balaban J connectivity index is 2.12. The first-order valence-corrected chi connectivity index (χ1v) is 7.08. The lowest BCUT2D eigenvalue weighted by Gasteiger charge is -2.12. The summed E-state index contributed by atoms with van der Waals surface area (Å²) < 4.78 is 0. The third-order valence-corrected chi connectivity index (χ3v) is 3.60. The summed E-state index contributed by atoms with van der Waals surface area (Å²) in [5.41, 5.74) is 2.54. The van der Waals surface area contributed by atoms with Crippen LogP contribution in [-0.2, 0) is 4.79 Å². The lowest BCUT2D eigenvalue weighted by atomic mass is 9.94. The van der Waals surface area contributed by atoms with Gasteiger partial charge in [-0.1, -0.05) is 30.9 Å². The van der Waals surface area contributed by atoms with Crippen molar-refractivity contribution < 1.29 is 9.90 Å². The fraction of sp³-hybridized carbons (Fsp3) is 0.0556. The van der Waals surface area contributed by atoms with Gasteiger partial charge in [0.15, 0.2) is 5.78 Å². The summed E-state index contributed by atoms with van der Waals surface area (Å²) in [4.78, 5) is 13.3. The highest BCUT2D eigenvalue weighted by Gasteiger charge is 2.17. The van der Waals surface area contributed by atoms with Crippen molar-refractivity contribution in [2.24, 2.45) is 0 Å². The molecule has 0 fully saturated rings. The first-order chi connectivity index (χ1) is 11.1. The molecule has 1 N–H and O–H groups in total. The van der Waals surface area contributed by atoms with E-state index in [4.69, 9.17) is 0 Å². The zero-order valence-electron chi connectivity index (χ0n) is 12.4. The van der Waals surface area contributed by atoms with Gasteiger partial charge in [-0.2, -0.15) is 0 Å². The molecule has 0 saturated carbocycles. The lowest BCUT2D eigenvalue weighted by molar-refractivity contribution is -0.115. The summed E-state index contributed by atoms with van der Waals surface area (Å²) in [5, 5.41) is 18.8. The van der Waals surface area contributed by atoms with Gasteiger partial charge in [0.2, 0.25) is 0 Å². The molecule has 0 spiro atoms. The Bertz CT molecular complexity index is 879. The Labute approximate surface area is 133 Å². The number of hydrogen-bond donors (Lipinski definition) is 1. The van der Waals surface area contributed by atoms with Crippen molar-refractivity contribution in [2.45, 2.75) is 5.92 Å². The third kappa shape index (κ3) is 2.64. The maximum atomic E-state index is 11.9. The average Bonchev–Trinajstić information content (AvgIpc) is 3.00. The van der Waals surface area contributed by atoms with Crippen LogP contribution >= 0.6 is 0 Å². The molecule has 0 radical (unpaired) electrons. The van der Waals surface area contributed by atoms with Crippen molar-refractivity contribution in [3.05, 3.63) is 73.3 Å². The molecule has 0 bridgehead atoms. The van der Waals surface area contributed by atoms with Gasteiger partial charge in [0.25, 0.3) is 0 Å². The number of hydrogen-bond acceptors (Lipinski definition) is 4. The van der Waals surface area contributed by atoms with Crippen LogP contribution < -0.4 is 0 Å². The molecule has 0 aliphatic carbocycles. The van der Waals surface area contributed by atoms with E-state index in [0.717, 1.165) is 11.0 Å². The summed E-state index contributed by atoms with van der Waals surface area (Å²) in [6.45, 7) is 7.20. The number of rotatable bonds is 5. The second-order valence-electron chi connectivity index (χ2n) is 5.05. The predicted octanol–water partition coefficient (Wildman–Crippen LogP) is 3.15. The zero-order chi connectivity index (χ0) is 16.4. The Morgan fingerprint density at radius 3 is 2.35 bits per heavy atom. The number of allylic oxidation sites excluding steroid dienone is 2. The van der Waals surface area contributed by atoms with Crippen LogP contribution in [0, 0.1) is 0 Å². The number of carbonyl (C=O) groups is 1. The van der Waals surface area contributed by atoms with Crippen LogP contribution in [0.25, 0.3) is 16.7 Å². The third-order valence-electron chi connectivity index (χ3n) is 3.60. The largest absolute Gasteiger partial charge is 0.506 e. The van der Waals surface area contributed by atoms with Gasteiger partial charge in [0.05, 0.1) is 5.92 Å². The highest BCUT2D eigenvalue weighted by Crippen LogP contribution is 2.28. The number of carbonyl (C=O) groups excluding carboxylic acids is 1. The van der Waals surface area contributed by atoms with E-state index in [-0.39, 0.29) is 11.5 Å². The van der Waals surface area contributed by atoms with Crippen LogP contribution in [0.5, 0.6) is 5.75 Å². The van der Waals surface area contributed by atoms with Crippen molar-refractivity contribution in [3.8, 4) is 11.4 Å². The molecule has 3 aromatic rings. The molecule has 0 aliphatic rings. The van der Waals surface area contributed by atoms with Crippen molar-refractivity contribution in [1.82, 2.24) is 15.0 Å². The predicted molar refractivity (Wildman–Crippen MR) is 88.7 cm³/mol. The summed E-state index contributed by atoms with van der Waals surface area (Å²) in [6, 6.07) is 12.3. The Morgan fingerprint density at radius 2 is 1.78 bits per heavy atom. The van der Waals surface area contributed by atoms with Crippen molar-refractivity contribution in [1.29, 1.82) is 0 Å². The molecular formula is C18H15N3O2. The Morgan fingerprint density at radius 1 is 1.13 bits per heavy atom. The van der Waals surface area contributed by atoms with Crippen LogP contribution in [0.15, 0.2) is 67.8 Å². The van der Waals surface area contributed by atoms with E-state index in [1.807, 2.05) is 24.3 Å². The van der Waals surface area contributed by atoms with Crippen molar-refractivity contribution >= 4 is 16.8 Å². The summed E-state index contributed by atoms with van der Waals surface area (Å²) in [7, 11) is 0. The highest BCUT2D eigenvalue weighted by molar-refractivity contribution is 5.96. The maximum absolute atomic E-state index is 11.9. The fourth-order valence-corrected chi connectivity index (χ4v) is 2.41. The standard InChI is InChI=1S/C18H15N3O2/c1-3-13(17(22)4-2)12-9-10-18(23)16(11-12)21-19-14-7-5-6-8-15(14)20-21/h3-11,13,23H,1-2H2. The van der Waals surface area contributed by atoms with Crippen molar-refractivity contribution in [2.75, 3.05) is 0 Å². The molecule has 0 aliphatic heterocycles. The minimum Gasteiger partial charge on any atom is -0.506 e. The minimum absolute atomic E-state index is 0.0305. The molecule has 2 aromatic carbocycles. The van der Waals surface area contributed by atoms with E-state index >= 15 is 0 Å². The van der Waals surface area contributed by atoms with Crippen molar-refractivity contribution in [3.63, 3.8) is 0 Å². The van der Waals surface area contributed by atoms with Gasteiger partial charge < -0.3 is 5.11 Å². The number of aromatic nitrogens is 3. The van der Waals surface area contributed by atoms with Gasteiger partial charge in [0.1, 0.15) is 22.5 Å². The second-order valence-corrected chi connectivity index (χ2v) is 5.05. The van der Waals surface area contributed by atoms with E-state index < -0.39 is 5.92 Å². The van der Waals surface area contributed by atoms with Gasteiger partial charge in [-0.05, 0) is 35.9 Å². The molecule has 114 valence electrons. The molecule has 3 rings (SSSR count). The Kier molecular flexibility index (Phi) is 3.76. The first-order valence-electron chi connectivity index (χ1n) is 7.08. The second kappa shape index (κ2) is 5.88. The summed E-state index contributed by atoms with van der Waals surface area (Å²) in [6.07, 6.45) is 2.81. The molecule has 0 amide bonds. The molecular weight excluding hydrogens is 290 g/mol.